The maximum Gasteiger partial charge on any atom is 0.291 e. The lowest BCUT2D eigenvalue weighted by Crippen LogP contribution is -2.51. The molecule has 1 fully saturated rings. The third-order valence-electron chi connectivity index (χ3n) is 3.98. The molecule has 2 heterocycles. The van der Waals surface area contributed by atoms with Gasteiger partial charge in [-0.1, -0.05) is 6.07 Å². The van der Waals surface area contributed by atoms with Crippen molar-refractivity contribution in [2.75, 3.05) is 31.6 Å². The van der Waals surface area contributed by atoms with E-state index < -0.39 is 0 Å². The van der Waals surface area contributed by atoms with Crippen LogP contribution in [0.3, 0.4) is 0 Å². The van der Waals surface area contributed by atoms with Gasteiger partial charge in [0.1, 0.15) is 5.75 Å². The third-order valence-corrected chi connectivity index (χ3v) is 3.98. The van der Waals surface area contributed by atoms with Crippen LogP contribution >= 0.6 is 0 Å². The zero-order chi connectivity index (χ0) is 18.6. The lowest BCUT2D eigenvalue weighted by Gasteiger charge is -2.38. The lowest BCUT2D eigenvalue weighted by atomic mass is 10.1. The Morgan fingerprint density at radius 3 is 2.85 bits per heavy atom. The minimum Gasteiger partial charge on any atom is -0.484 e. The van der Waals surface area contributed by atoms with Crippen LogP contribution < -0.4 is 10.1 Å². The van der Waals surface area contributed by atoms with Crippen LogP contribution in [0.4, 0.5) is 5.69 Å². The monoisotopic (exact) mass is 358 g/mol. The van der Waals surface area contributed by atoms with E-state index in [4.69, 9.17) is 13.9 Å². The van der Waals surface area contributed by atoms with Crippen molar-refractivity contribution in [1.82, 2.24) is 4.90 Å². The molecule has 1 saturated heterocycles. The number of amides is 2. The maximum atomic E-state index is 12.3. The molecule has 1 aliphatic heterocycles. The number of anilines is 1. The van der Waals surface area contributed by atoms with Crippen LogP contribution in [0, 0.1) is 0 Å². The van der Waals surface area contributed by atoms with Crippen LogP contribution in [0.15, 0.2) is 47.1 Å². The van der Waals surface area contributed by atoms with Crippen molar-refractivity contribution in [3.63, 3.8) is 0 Å². The summed E-state index contributed by atoms with van der Waals surface area (Å²) in [5.74, 6) is 0.287. The molecule has 1 aliphatic rings. The summed E-state index contributed by atoms with van der Waals surface area (Å²) in [6, 6.07) is 10.1. The van der Waals surface area contributed by atoms with E-state index >= 15 is 0 Å². The fourth-order valence-electron chi connectivity index (χ4n) is 2.73. The molecule has 0 spiro atoms. The van der Waals surface area contributed by atoms with Crippen molar-refractivity contribution in [2.45, 2.75) is 19.4 Å². The minimum absolute atomic E-state index is 0.0638. The quantitative estimate of drug-likeness (QED) is 0.888. The Morgan fingerprint density at radius 1 is 1.27 bits per heavy atom. The largest absolute Gasteiger partial charge is 0.484 e. The van der Waals surface area contributed by atoms with E-state index in [1.807, 2.05) is 13.8 Å². The van der Waals surface area contributed by atoms with Gasteiger partial charge in [0.25, 0.3) is 11.8 Å². The summed E-state index contributed by atoms with van der Waals surface area (Å²) in [7, 11) is 0. The van der Waals surface area contributed by atoms with E-state index in [-0.39, 0.29) is 29.8 Å². The number of ether oxygens (including phenoxy) is 2. The van der Waals surface area contributed by atoms with Gasteiger partial charge in [-0.05, 0) is 38.1 Å². The molecule has 26 heavy (non-hydrogen) atoms. The minimum atomic E-state index is -0.348. The first-order valence-electron chi connectivity index (χ1n) is 8.42. The number of nitrogens with zero attached hydrogens (tertiary/aromatic N) is 1. The maximum absolute atomic E-state index is 12.3. The highest BCUT2D eigenvalue weighted by molar-refractivity contribution is 6.02. The summed E-state index contributed by atoms with van der Waals surface area (Å²) in [5.41, 5.74) is 0.216. The standard InChI is InChI=1S/C19H22N2O5/c1-19(2)13-21(8-10-26-19)17(22)12-25-15-6-3-5-14(11-15)20-18(23)16-7-4-9-24-16/h3-7,9,11H,8,10,12-13H2,1-2H3,(H,20,23). The Bertz CT molecular complexity index is 770. The lowest BCUT2D eigenvalue weighted by molar-refractivity contribution is -0.147. The van der Waals surface area contributed by atoms with Gasteiger partial charge in [-0.2, -0.15) is 0 Å². The summed E-state index contributed by atoms with van der Waals surface area (Å²) in [6.45, 7) is 5.47. The van der Waals surface area contributed by atoms with Crippen molar-refractivity contribution < 1.29 is 23.5 Å². The van der Waals surface area contributed by atoms with Crippen LogP contribution in [0.5, 0.6) is 5.75 Å². The summed E-state index contributed by atoms with van der Waals surface area (Å²) in [6.07, 6.45) is 1.44. The van der Waals surface area contributed by atoms with Crippen LogP contribution in [0.25, 0.3) is 0 Å². The molecule has 0 bridgehead atoms. The van der Waals surface area contributed by atoms with Gasteiger partial charge in [-0.3, -0.25) is 9.59 Å². The topological polar surface area (TPSA) is 81.0 Å². The molecule has 7 heteroatoms. The van der Waals surface area contributed by atoms with Crippen LogP contribution in [-0.4, -0.2) is 48.6 Å². The highest BCUT2D eigenvalue weighted by Crippen LogP contribution is 2.20. The van der Waals surface area contributed by atoms with Crippen molar-refractivity contribution in [3.05, 3.63) is 48.4 Å². The molecule has 7 nitrogen and oxygen atoms in total. The Labute approximate surface area is 151 Å². The fraction of sp³-hybridized carbons (Fsp3) is 0.368. The molecule has 2 aromatic rings. The molecule has 0 radical (unpaired) electrons. The van der Waals surface area contributed by atoms with Gasteiger partial charge in [0.15, 0.2) is 12.4 Å². The number of hydrogen-bond donors (Lipinski definition) is 1. The average molecular weight is 358 g/mol. The molecule has 2 amide bonds. The summed E-state index contributed by atoms with van der Waals surface area (Å²) in [5, 5.41) is 2.72. The molecule has 1 aromatic heterocycles. The van der Waals surface area contributed by atoms with Gasteiger partial charge in [-0.25, -0.2) is 0 Å². The second-order valence-electron chi connectivity index (χ2n) is 6.67. The van der Waals surface area contributed by atoms with E-state index in [2.05, 4.69) is 5.32 Å². The highest BCUT2D eigenvalue weighted by Gasteiger charge is 2.29. The molecule has 3 rings (SSSR count). The first-order chi connectivity index (χ1) is 12.4. The molecular weight excluding hydrogens is 336 g/mol. The van der Waals surface area contributed by atoms with Crippen molar-refractivity contribution in [2.24, 2.45) is 0 Å². The Kier molecular flexibility index (Phi) is 5.27. The van der Waals surface area contributed by atoms with E-state index in [0.29, 0.717) is 31.1 Å². The smallest absolute Gasteiger partial charge is 0.291 e. The number of carbonyl (C=O) groups excluding carboxylic acids is 2. The first kappa shape index (κ1) is 18.0. The second-order valence-corrected chi connectivity index (χ2v) is 6.67. The van der Waals surface area contributed by atoms with Gasteiger partial charge in [0.05, 0.1) is 18.5 Å². The van der Waals surface area contributed by atoms with Crippen LogP contribution in [0.1, 0.15) is 24.4 Å². The van der Waals surface area contributed by atoms with E-state index in [0.717, 1.165) is 0 Å². The van der Waals surface area contributed by atoms with Gasteiger partial charge < -0.3 is 24.1 Å². The number of benzene rings is 1. The van der Waals surface area contributed by atoms with E-state index in [9.17, 15) is 9.59 Å². The summed E-state index contributed by atoms with van der Waals surface area (Å²) < 4.78 is 16.3. The molecule has 138 valence electrons. The number of morpholine rings is 1. The van der Waals surface area contributed by atoms with Crippen molar-refractivity contribution >= 4 is 17.5 Å². The van der Waals surface area contributed by atoms with Gasteiger partial charge in [0, 0.05) is 24.8 Å². The third kappa shape index (κ3) is 4.64. The highest BCUT2D eigenvalue weighted by atomic mass is 16.5. The average Bonchev–Trinajstić information content (AvgIpc) is 3.14. The normalized spacial score (nSPS) is 16.2. The fourth-order valence-corrected chi connectivity index (χ4v) is 2.73. The zero-order valence-corrected chi connectivity index (χ0v) is 14.9. The number of furan rings is 1. The van der Waals surface area contributed by atoms with Gasteiger partial charge in [-0.15, -0.1) is 0 Å². The summed E-state index contributed by atoms with van der Waals surface area (Å²) >= 11 is 0. The van der Waals surface area contributed by atoms with Gasteiger partial charge >= 0.3 is 0 Å². The van der Waals surface area contributed by atoms with E-state index in [1.54, 1.807) is 41.3 Å². The molecule has 1 N–H and O–H groups in total. The van der Waals surface area contributed by atoms with Crippen molar-refractivity contribution in [3.8, 4) is 5.75 Å². The molecule has 0 unspecified atom stereocenters. The SMILES string of the molecule is CC1(C)CN(C(=O)COc2cccc(NC(=O)c3ccco3)c2)CCO1. The molecular formula is C19H22N2O5. The second kappa shape index (κ2) is 7.61. The predicted molar refractivity (Wildman–Crippen MR) is 95.2 cm³/mol. The number of carbonyl (C=O) groups is 2. The first-order valence-corrected chi connectivity index (χ1v) is 8.42. The van der Waals surface area contributed by atoms with Crippen LogP contribution in [-0.2, 0) is 9.53 Å². The Balaban J connectivity index is 1.55. The predicted octanol–water partition coefficient (Wildman–Crippen LogP) is 2.55. The molecule has 1 aromatic carbocycles. The number of rotatable bonds is 5. The number of hydrogen-bond acceptors (Lipinski definition) is 5. The molecule has 0 saturated carbocycles. The summed E-state index contributed by atoms with van der Waals surface area (Å²) in [4.78, 5) is 26.1. The zero-order valence-electron chi connectivity index (χ0n) is 14.9. The van der Waals surface area contributed by atoms with Gasteiger partial charge in [0.2, 0.25) is 0 Å². The van der Waals surface area contributed by atoms with E-state index in [1.165, 1.54) is 6.26 Å². The Morgan fingerprint density at radius 2 is 2.12 bits per heavy atom. The number of nitrogens with one attached hydrogen (secondary N) is 1. The van der Waals surface area contributed by atoms with Crippen molar-refractivity contribution in [1.29, 1.82) is 0 Å². The van der Waals surface area contributed by atoms with Crippen LogP contribution in [0.2, 0.25) is 0 Å². The molecule has 0 aliphatic carbocycles. The Hall–Kier alpha value is -2.80. The molecule has 0 atom stereocenters.